The van der Waals surface area contributed by atoms with Crippen molar-refractivity contribution in [3.8, 4) is 0 Å². The van der Waals surface area contributed by atoms with Crippen LogP contribution in [0.4, 0.5) is 0 Å². The fraction of sp³-hybridized carbons (Fsp3) is 1.00. The van der Waals surface area contributed by atoms with Crippen LogP contribution in [-0.4, -0.2) is 24.9 Å². The van der Waals surface area contributed by atoms with Crippen molar-refractivity contribution >= 4 is 0 Å². The molecule has 6 atom stereocenters. The summed E-state index contributed by atoms with van der Waals surface area (Å²) in [6, 6.07) is 0. The number of hydrogen-bond donors (Lipinski definition) is 0. The highest BCUT2D eigenvalue weighted by molar-refractivity contribution is 4.95. The molecular formula is C15H24O2. The summed E-state index contributed by atoms with van der Waals surface area (Å²) in [7, 11) is 0. The van der Waals surface area contributed by atoms with Crippen molar-refractivity contribution in [3.63, 3.8) is 0 Å². The van der Waals surface area contributed by atoms with Crippen LogP contribution >= 0.6 is 0 Å². The van der Waals surface area contributed by atoms with Gasteiger partial charge < -0.3 is 9.47 Å². The number of hydrogen-bond acceptors (Lipinski definition) is 2. The standard InChI is InChI=1S/C15H24O2/c1-2-4-13-10(3-1)8-15(17-13)12-7-11-5-6-16-14(11)9-12/h10-15H,1-9H2. The van der Waals surface area contributed by atoms with Crippen LogP contribution in [0.5, 0.6) is 0 Å². The predicted molar refractivity (Wildman–Crippen MR) is 65.8 cm³/mol. The Morgan fingerprint density at radius 1 is 0.647 bits per heavy atom. The van der Waals surface area contributed by atoms with E-state index in [4.69, 9.17) is 9.47 Å². The van der Waals surface area contributed by atoms with Crippen molar-refractivity contribution in [2.75, 3.05) is 6.61 Å². The number of rotatable bonds is 1. The van der Waals surface area contributed by atoms with Crippen molar-refractivity contribution < 1.29 is 9.47 Å². The highest BCUT2D eigenvalue weighted by Crippen LogP contribution is 2.47. The first kappa shape index (κ1) is 10.8. The zero-order valence-electron chi connectivity index (χ0n) is 10.6. The molecule has 4 fully saturated rings. The van der Waals surface area contributed by atoms with Gasteiger partial charge in [0.15, 0.2) is 0 Å². The van der Waals surface area contributed by atoms with Gasteiger partial charge >= 0.3 is 0 Å². The molecule has 96 valence electrons. The molecular weight excluding hydrogens is 212 g/mol. The van der Waals surface area contributed by atoms with E-state index in [1.807, 2.05) is 0 Å². The summed E-state index contributed by atoms with van der Waals surface area (Å²) in [6.07, 6.45) is 12.7. The lowest BCUT2D eigenvalue weighted by Crippen LogP contribution is -2.22. The summed E-state index contributed by atoms with van der Waals surface area (Å²) in [4.78, 5) is 0. The molecule has 0 aromatic rings. The van der Waals surface area contributed by atoms with Gasteiger partial charge in [0, 0.05) is 6.61 Å². The van der Waals surface area contributed by atoms with Gasteiger partial charge in [-0.05, 0) is 56.3 Å². The van der Waals surface area contributed by atoms with E-state index in [-0.39, 0.29) is 0 Å². The molecule has 2 heteroatoms. The Bertz CT molecular complexity index is 265. The molecule has 0 radical (unpaired) electrons. The zero-order chi connectivity index (χ0) is 11.2. The van der Waals surface area contributed by atoms with Gasteiger partial charge in [0.2, 0.25) is 0 Å². The van der Waals surface area contributed by atoms with Crippen LogP contribution < -0.4 is 0 Å². The third-order valence-corrected chi connectivity index (χ3v) is 5.74. The third-order valence-electron chi connectivity index (χ3n) is 5.74. The lowest BCUT2D eigenvalue weighted by Gasteiger charge is -2.23. The molecule has 2 aliphatic heterocycles. The molecule has 0 bridgehead atoms. The Kier molecular flexibility index (Phi) is 2.69. The lowest BCUT2D eigenvalue weighted by atomic mass is 9.83. The minimum absolute atomic E-state index is 0.581. The summed E-state index contributed by atoms with van der Waals surface area (Å²) < 4.78 is 12.2. The molecule has 17 heavy (non-hydrogen) atoms. The molecule has 4 rings (SSSR count). The first-order valence-corrected chi connectivity index (χ1v) is 7.67. The van der Waals surface area contributed by atoms with Gasteiger partial charge in [-0.2, -0.15) is 0 Å². The second-order valence-electron chi connectivity index (χ2n) is 6.68. The Morgan fingerprint density at radius 2 is 1.47 bits per heavy atom. The maximum Gasteiger partial charge on any atom is 0.0611 e. The van der Waals surface area contributed by atoms with Crippen LogP contribution in [0.3, 0.4) is 0 Å². The van der Waals surface area contributed by atoms with Gasteiger partial charge in [0.25, 0.3) is 0 Å². The Labute approximate surface area is 104 Å². The van der Waals surface area contributed by atoms with E-state index in [1.54, 1.807) is 0 Å². The summed E-state index contributed by atoms with van der Waals surface area (Å²) in [5.41, 5.74) is 0. The molecule has 0 amide bonds. The van der Waals surface area contributed by atoms with E-state index in [0.29, 0.717) is 18.3 Å². The first-order chi connectivity index (χ1) is 8.40. The van der Waals surface area contributed by atoms with Gasteiger partial charge in [-0.1, -0.05) is 12.8 Å². The van der Waals surface area contributed by atoms with E-state index in [1.165, 1.54) is 51.4 Å². The molecule has 0 N–H and O–H groups in total. The van der Waals surface area contributed by atoms with E-state index in [0.717, 1.165) is 24.4 Å². The Hall–Kier alpha value is -0.0800. The molecule has 0 spiro atoms. The van der Waals surface area contributed by atoms with Crippen LogP contribution in [0.25, 0.3) is 0 Å². The highest BCUT2D eigenvalue weighted by Gasteiger charge is 2.46. The first-order valence-electron chi connectivity index (χ1n) is 7.67. The SMILES string of the molecule is C1CCC2OC(C3CC4CCOC4C3)CC2C1. The minimum Gasteiger partial charge on any atom is -0.378 e. The number of ether oxygens (including phenoxy) is 2. The molecule has 2 aliphatic carbocycles. The molecule has 4 aliphatic rings. The fourth-order valence-corrected chi connectivity index (χ4v) is 4.81. The maximum absolute atomic E-state index is 6.36. The van der Waals surface area contributed by atoms with Crippen molar-refractivity contribution in [2.24, 2.45) is 17.8 Å². The largest absolute Gasteiger partial charge is 0.378 e. The van der Waals surface area contributed by atoms with E-state index < -0.39 is 0 Å². The van der Waals surface area contributed by atoms with E-state index >= 15 is 0 Å². The number of fused-ring (bicyclic) bond motifs is 2. The summed E-state index contributed by atoms with van der Waals surface area (Å²) in [5, 5.41) is 0. The summed E-state index contributed by atoms with van der Waals surface area (Å²) >= 11 is 0. The molecule has 2 saturated carbocycles. The van der Waals surface area contributed by atoms with Crippen molar-refractivity contribution in [1.82, 2.24) is 0 Å². The predicted octanol–water partition coefficient (Wildman–Crippen LogP) is 3.15. The second-order valence-corrected chi connectivity index (χ2v) is 6.68. The van der Waals surface area contributed by atoms with Crippen molar-refractivity contribution in [3.05, 3.63) is 0 Å². The summed E-state index contributed by atoms with van der Waals surface area (Å²) in [5.74, 6) is 2.58. The molecule has 2 heterocycles. The highest BCUT2D eigenvalue weighted by atomic mass is 16.5. The molecule has 2 saturated heterocycles. The normalized spacial score (nSPS) is 53.6. The Balaban J connectivity index is 1.40. The molecule has 0 aromatic carbocycles. The van der Waals surface area contributed by atoms with Crippen molar-refractivity contribution in [2.45, 2.75) is 69.7 Å². The molecule has 0 aromatic heterocycles. The van der Waals surface area contributed by atoms with Crippen LogP contribution in [0.2, 0.25) is 0 Å². The van der Waals surface area contributed by atoms with Gasteiger partial charge in [-0.25, -0.2) is 0 Å². The van der Waals surface area contributed by atoms with Crippen LogP contribution in [-0.2, 0) is 9.47 Å². The lowest BCUT2D eigenvalue weighted by molar-refractivity contribution is -0.0118. The van der Waals surface area contributed by atoms with Gasteiger partial charge in [-0.15, -0.1) is 0 Å². The average Bonchev–Trinajstić information content (AvgIpc) is 3.01. The Morgan fingerprint density at radius 3 is 2.35 bits per heavy atom. The van der Waals surface area contributed by atoms with E-state index in [9.17, 15) is 0 Å². The topological polar surface area (TPSA) is 18.5 Å². The fourth-order valence-electron chi connectivity index (χ4n) is 4.81. The smallest absolute Gasteiger partial charge is 0.0611 e. The summed E-state index contributed by atoms with van der Waals surface area (Å²) in [6.45, 7) is 1.01. The maximum atomic E-state index is 6.36. The second kappa shape index (κ2) is 4.24. The van der Waals surface area contributed by atoms with Gasteiger partial charge in [-0.3, -0.25) is 0 Å². The van der Waals surface area contributed by atoms with Crippen LogP contribution in [0.1, 0.15) is 51.4 Å². The van der Waals surface area contributed by atoms with Crippen molar-refractivity contribution in [1.29, 1.82) is 0 Å². The van der Waals surface area contributed by atoms with Gasteiger partial charge in [0.1, 0.15) is 0 Å². The molecule has 2 nitrogen and oxygen atoms in total. The average molecular weight is 236 g/mol. The zero-order valence-corrected chi connectivity index (χ0v) is 10.6. The van der Waals surface area contributed by atoms with Gasteiger partial charge in [0.05, 0.1) is 18.3 Å². The monoisotopic (exact) mass is 236 g/mol. The quantitative estimate of drug-likeness (QED) is 0.696. The van der Waals surface area contributed by atoms with Crippen LogP contribution in [0, 0.1) is 17.8 Å². The van der Waals surface area contributed by atoms with E-state index in [2.05, 4.69) is 0 Å². The minimum atomic E-state index is 0.581. The third kappa shape index (κ3) is 1.84. The molecule has 6 unspecified atom stereocenters. The van der Waals surface area contributed by atoms with Crippen LogP contribution in [0.15, 0.2) is 0 Å².